The summed E-state index contributed by atoms with van der Waals surface area (Å²) in [5, 5.41) is -0.00884. The molecule has 0 saturated heterocycles. The predicted octanol–water partition coefficient (Wildman–Crippen LogP) is 3.61. The summed E-state index contributed by atoms with van der Waals surface area (Å²) in [5.74, 6) is -0.0969. The molecule has 1 aliphatic rings. The topological polar surface area (TPSA) is 141 Å². The van der Waals surface area contributed by atoms with E-state index in [-0.39, 0.29) is 45.2 Å². The number of carbonyl (C=O) groups is 2. The number of nitrogens with one attached hydrogen (secondary N) is 3. The number of rotatable bonds is 7. The monoisotopic (exact) mass is 567 g/mol. The molecule has 0 unspecified atom stereocenters. The van der Waals surface area contributed by atoms with Crippen LogP contribution in [0.3, 0.4) is 0 Å². The van der Waals surface area contributed by atoms with Crippen LogP contribution in [-0.2, 0) is 10.0 Å². The molecule has 0 atom stereocenters. The minimum Gasteiger partial charge on any atom is -0.495 e. The average Bonchev–Trinajstić information content (AvgIpc) is 3.35. The molecular weight excluding hydrogens is 549 g/mol. The zero-order chi connectivity index (χ0) is 26.7. The van der Waals surface area contributed by atoms with E-state index in [0.717, 1.165) is 6.07 Å². The van der Waals surface area contributed by atoms with Gasteiger partial charge in [-0.25, -0.2) is 8.42 Å². The van der Waals surface area contributed by atoms with Gasteiger partial charge in [-0.2, -0.15) is 0 Å². The number of methoxy groups -OCH3 is 2. The van der Waals surface area contributed by atoms with Gasteiger partial charge in [0.2, 0.25) is 6.79 Å². The highest BCUT2D eigenvalue weighted by molar-refractivity contribution is 7.92. The van der Waals surface area contributed by atoms with Crippen molar-refractivity contribution in [3.8, 4) is 23.0 Å². The molecule has 37 heavy (non-hydrogen) atoms. The molecular formula is C23H19Cl2N3O8S. The molecule has 0 aliphatic carbocycles. The van der Waals surface area contributed by atoms with Crippen molar-refractivity contribution in [1.82, 2.24) is 10.9 Å². The van der Waals surface area contributed by atoms with Crippen LogP contribution in [0.1, 0.15) is 20.7 Å². The SMILES string of the molecule is COc1cc(OC)c(NS(=O)(=O)c2cc(C(=O)NNC(=O)c3ccc4c(c3)OCO4)ccc2Cl)cc1Cl. The first-order chi connectivity index (χ1) is 17.6. The fourth-order valence-corrected chi connectivity index (χ4v) is 5.11. The Morgan fingerprint density at radius 2 is 1.43 bits per heavy atom. The normalized spacial score (nSPS) is 12.0. The molecule has 0 aromatic heterocycles. The predicted molar refractivity (Wildman–Crippen MR) is 134 cm³/mol. The van der Waals surface area contributed by atoms with Gasteiger partial charge in [0.1, 0.15) is 16.4 Å². The van der Waals surface area contributed by atoms with E-state index in [0.29, 0.717) is 11.5 Å². The van der Waals surface area contributed by atoms with Gasteiger partial charge >= 0.3 is 0 Å². The van der Waals surface area contributed by atoms with Crippen LogP contribution in [0, 0.1) is 0 Å². The quantitative estimate of drug-likeness (QED) is 0.367. The Hall–Kier alpha value is -3.87. The maximum absolute atomic E-state index is 13.1. The Morgan fingerprint density at radius 3 is 2.11 bits per heavy atom. The largest absolute Gasteiger partial charge is 0.495 e. The van der Waals surface area contributed by atoms with Gasteiger partial charge in [0.25, 0.3) is 21.8 Å². The van der Waals surface area contributed by atoms with Crippen LogP contribution < -0.4 is 34.5 Å². The Balaban J connectivity index is 1.51. The van der Waals surface area contributed by atoms with Crippen molar-refractivity contribution in [1.29, 1.82) is 0 Å². The van der Waals surface area contributed by atoms with Gasteiger partial charge < -0.3 is 18.9 Å². The second kappa shape index (κ2) is 10.6. The van der Waals surface area contributed by atoms with Gasteiger partial charge in [0, 0.05) is 17.2 Å². The molecule has 3 aromatic carbocycles. The molecule has 1 aliphatic heterocycles. The van der Waals surface area contributed by atoms with Crippen LogP contribution in [0.2, 0.25) is 10.0 Å². The third kappa shape index (κ3) is 5.61. The van der Waals surface area contributed by atoms with Gasteiger partial charge in [0.15, 0.2) is 11.5 Å². The standard InChI is InChI=1S/C23H19Cl2N3O8S/c1-33-18-10-19(34-2)16(9-15(18)25)28-37(31,32)21-8-13(3-5-14(21)24)23(30)27-26-22(29)12-4-6-17-20(7-12)36-11-35-17/h3-10,28H,11H2,1-2H3,(H,26,29)(H,27,30). The fraction of sp³-hybridized carbons (Fsp3) is 0.130. The molecule has 0 fully saturated rings. The van der Waals surface area contributed by atoms with Gasteiger partial charge in [-0.1, -0.05) is 23.2 Å². The number of hydrogen-bond acceptors (Lipinski definition) is 8. The summed E-state index contributed by atoms with van der Waals surface area (Å²) in [6.45, 7) is 0.0477. The van der Waals surface area contributed by atoms with E-state index in [4.69, 9.17) is 42.1 Å². The molecule has 3 aromatic rings. The molecule has 194 valence electrons. The summed E-state index contributed by atoms with van der Waals surface area (Å²) in [5.41, 5.74) is 4.63. The molecule has 0 saturated carbocycles. The number of carbonyl (C=O) groups excluding carboxylic acids is 2. The van der Waals surface area contributed by atoms with Crippen LogP contribution in [0.4, 0.5) is 5.69 Å². The minimum absolute atomic E-state index is 0.0233. The van der Waals surface area contributed by atoms with Gasteiger partial charge in [-0.05, 0) is 42.5 Å². The number of benzene rings is 3. The Morgan fingerprint density at radius 1 is 0.811 bits per heavy atom. The van der Waals surface area contributed by atoms with Gasteiger partial charge in [0.05, 0.1) is 30.0 Å². The number of ether oxygens (including phenoxy) is 4. The Bertz CT molecular complexity index is 1500. The van der Waals surface area contributed by atoms with Crippen molar-refractivity contribution in [2.75, 3.05) is 25.7 Å². The molecule has 11 nitrogen and oxygen atoms in total. The molecule has 14 heteroatoms. The van der Waals surface area contributed by atoms with E-state index < -0.39 is 26.7 Å². The van der Waals surface area contributed by atoms with E-state index in [2.05, 4.69) is 15.6 Å². The smallest absolute Gasteiger partial charge is 0.269 e. The third-order valence-electron chi connectivity index (χ3n) is 5.13. The van der Waals surface area contributed by atoms with Crippen molar-refractivity contribution in [2.24, 2.45) is 0 Å². The summed E-state index contributed by atoms with van der Waals surface area (Å²) in [7, 11) is -1.56. The summed E-state index contributed by atoms with van der Waals surface area (Å²) in [6, 6.07) is 10.8. The first-order valence-electron chi connectivity index (χ1n) is 10.4. The van der Waals surface area contributed by atoms with Crippen molar-refractivity contribution in [3.05, 3.63) is 69.7 Å². The minimum atomic E-state index is -4.30. The lowest BCUT2D eigenvalue weighted by atomic mass is 10.2. The number of fused-ring (bicyclic) bond motifs is 1. The highest BCUT2D eigenvalue weighted by Gasteiger charge is 2.23. The highest BCUT2D eigenvalue weighted by atomic mass is 35.5. The van der Waals surface area contributed by atoms with Crippen molar-refractivity contribution < 1.29 is 37.0 Å². The fourth-order valence-electron chi connectivity index (χ4n) is 3.29. The first kappa shape index (κ1) is 26.2. The third-order valence-corrected chi connectivity index (χ3v) is 7.27. The molecule has 4 rings (SSSR count). The molecule has 0 spiro atoms. The van der Waals surface area contributed by atoms with Gasteiger partial charge in [-0.15, -0.1) is 0 Å². The number of anilines is 1. The van der Waals surface area contributed by atoms with E-state index in [9.17, 15) is 18.0 Å². The maximum Gasteiger partial charge on any atom is 0.269 e. The maximum atomic E-state index is 13.1. The number of amides is 2. The molecule has 0 bridgehead atoms. The molecule has 3 N–H and O–H groups in total. The average molecular weight is 568 g/mol. The molecule has 1 heterocycles. The highest BCUT2D eigenvalue weighted by Crippen LogP contribution is 2.37. The second-order valence-corrected chi connectivity index (χ2v) is 9.88. The van der Waals surface area contributed by atoms with E-state index in [1.54, 1.807) is 6.07 Å². The number of halogens is 2. The summed E-state index contributed by atoms with van der Waals surface area (Å²) in [4.78, 5) is 24.7. The van der Waals surface area contributed by atoms with Crippen molar-refractivity contribution >= 4 is 50.7 Å². The number of sulfonamides is 1. The number of hydrazine groups is 1. The summed E-state index contributed by atoms with van der Waals surface area (Å²) < 4.78 is 49.3. The lowest BCUT2D eigenvalue weighted by Crippen LogP contribution is -2.41. The van der Waals surface area contributed by atoms with E-state index in [1.807, 2.05) is 0 Å². The lowest BCUT2D eigenvalue weighted by molar-refractivity contribution is 0.0846. The van der Waals surface area contributed by atoms with Crippen LogP contribution in [0.15, 0.2) is 53.4 Å². The molecule has 2 amide bonds. The zero-order valence-corrected chi connectivity index (χ0v) is 21.6. The summed E-state index contributed by atoms with van der Waals surface area (Å²) in [6.07, 6.45) is 0. The van der Waals surface area contributed by atoms with Gasteiger partial charge in [-0.3, -0.25) is 25.2 Å². The van der Waals surface area contributed by atoms with E-state index >= 15 is 0 Å². The van der Waals surface area contributed by atoms with Crippen molar-refractivity contribution in [3.63, 3.8) is 0 Å². The van der Waals surface area contributed by atoms with Crippen molar-refractivity contribution in [2.45, 2.75) is 4.90 Å². The Kier molecular flexibility index (Phi) is 7.52. The van der Waals surface area contributed by atoms with Crippen LogP contribution in [-0.4, -0.2) is 41.2 Å². The first-order valence-corrected chi connectivity index (χ1v) is 12.6. The molecule has 0 radical (unpaired) electrons. The number of hydrogen-bond donors (Lipinski definition) is 3. The van der Waals surface area contributed by atoms with Crippen LogP contribution >= 0.6 is 23.2 Å². The second-order valence-electron chi connectivity index (χ2n) is 7.41. The Labute approximate surface area is 221 Å². The summed E-state index contributed by atoms with van der Waals surface area (Å²) >= 11 is 12.3. The van der Waals surface area contributed by atoms with Crippen LogP contribution in [0.5, 0.6) is 23.0 Å². The van der Waals surface area contributed by atoms with E-state index in [1.165, 1.54) is 50.6 Å². The lowest BCUT2D eigenvalue weighted by Gasteiger charge is -2.15. The zero-order valence-electron chi connectivity index (χ0n) is 19.3. The van der Waals surface area contributed by atoms with Crippen LogP contribution in [0.25, 0.3) is 0 Å².